The standard InChI is InChI=1S/C27H41NO5/c1-4-22(28)24(30)33-18-7-10-25(2)17(14-18)5-6-21-20(25)8-11-26(3)19(9-12-27(21,26)31)16-13-23(29)32-15-16/h13,17-22,31H,4-12,14-15,28H2,1-3H3/t17-,18+,19-,20+,21-,22-,25+,26-,27+/m1/s1. The smallest absolute Gasteiger partial charge is 0.331 e. The maximum Gasteiger partial charge on any atom is 0.331 e. The van der Waals surface area contributed by atoms with Gasteiger partial charge >= 0.3 is 11.9 Å². The lowest BCUT2D eigenvalue weighted by Gasteiger charge is -2.63. The second-order valence-electron chi connectivity index (χ2n) is 12.1. The van der Waals surface area contributed by atoms with Gasteiger partial charge in [-0.2, -0.15) is 0 Å². The number of cyclic esters (lactones) is 1. The zero-order valence-electron chi connectivity index (χ0n) is 20.5. The van der Waals surface area contributed by atoms with Crippen LogP contribution in [0.1, 0.15) is 85.0 Å². The summed E-state index contributed by atoms with van der Waals surface area (Å²) < 4.78 is 11.0. The van der Waals surface area contributed by atoms with E-state index in [1.54, 1.807) is 6.08 Å². The number of aliphatic hydroxyl groups is 1. The molecule has 6 heteroatoms. The van der Waals surface area contributed by atoms with E-state index in [0.29, 0.717) is 30.8 Å². The fourth-order valence-electron chi connectivity index (χ4n) is 8.90. The van der Waals surface area contributed by atoms with Crippen molar-refractivity contribution in [2.24, 2.45) is 40.2 Å². The molecular weight excluding hydrogens is 418 g/mol. The van der Waals surface area contributed by atoms with Crippen molar-refractivity contribution in [3.63, 3.8) is 0 Å². The van der Waals surface area contributed by atoms with Crippen molar-refractivity contribution < 1.29 is 24.2 Å². The van der Waals surface area contributed by atoms with Crippen LogP contribution < -0.4 is 5.73 Å². The van der Waals surface area contributed by atoms with Gasteiger partial charge in [0.1, 0.15) is 18.8 Å². The summed E-state index contributed by atoms with van der Waals surface area (Å²) >= 11 is 0. The first-order valence-corrected chi connectivity index (χ1v) is 13.2. The summed E-state index contributed by atoms with van der Waals surface area (Å²) in [6.07, 6.45) is 11.1. The second kappa shape index (κ2) is 8.08. The SMILES string of the molecule is CC[C@@H](N)C(=O)O[C@H]1CC[C@@]2(C)[C@H](CC[C@@H]3[C@@H]2CC[C@]2(C)[C@@H](C4=CC(=O)OC4)CC[C@]32O)C1. The van der Waals surface area contributed by atoms with Crippen LogP contribution in [-0.4, -0.2) is 41.4 Å². The zero-order chi connectivity index (χ0) is 23.6. The Balaban J connectivity index is 1.33. The van der Waals surface area contributed by atoms with Crippen LogP contribution >= 0.6 is 0 Å². The van der Waals surface area contributed by atoms with Crippen LogP contribution in [0.15, 0.2) is 11.6 Å². The Morgan fingerprint density at radius 2 is 1.97 bits per heavy atom. The van der Waals surface area contributed by atoms with Crippen molar-refractivity contribution in [3.05, 3.63) is 11.6 Å². The molecule has 4 aliphatic carbocycles. The molecule has 0 saturated heterocycles. The molecule has 1 heterocycles. The van der Waals surface area contributed by atoms with E-state index in [4.69, 9.17) is 15.2 Å². The van der Waals surface area contributed by atoms with E-state index in [2.05, 4.69) is 13.8 Å². The molecule has 0 aromatic carbocycles. The van der Waals surface area contributed by atoms with Gasteiger partial charge < -0.3 is 20.3 Å². The highest BCUT2D eigenvalue weighted by molar-refractivity contribution is 5.85. The van der Waals surface area contributed by atoms with Gasteiger partial charge in [-0.1, -0.05) is 20.8 Å². The van der Waals surface area contributed by atoms with Gasteiger partial charge in [0.2, 0.25) is 0 Å². The van der Waals surface area contributed by atoms with Gasteiger partial charge in [0, 0.05) is 11.5 Å². The molecule has 5 aliphatic rings. The highest BCUT2D eigenvalue weighted by Gasteiger charge is 2.67. The number of fused-ring (bicyclic) bond motifs is 5. The number of hydrogen-bond donors (Lipinski definition) is 2. The van der Waals surface area contributed by atoms with E-state index in [1.807, 2.05) is 6.92 Å². The van der Waals surface area contributed by atoms with Crippen LogP contribution in [-0.2, 0) is 19.1 Å². The molecule has 4 fully saturated rings. The Morgan fingerprint density at radius 1 is 1.18 bits per heavy atom. The van der Waals surface area contributed by atoms with Gasteiger partial charge in [0.05, 0.1) is 5.60 Å². The summed E-state index contributed by atoms with van der Waals surface area (Å²) in [5.74, 6) is 1.06. The number of hydrogen-bond acceptors (Lipinski definition) is 6. The fourth-order valence-corrected chi connectivity index (χ4v) is 8.90. The molecule has 0 amide bonds. The van der Waals surface area contributed by atoms with Gasteiger partial charge in [-0.3, -0.25) is 4.79 Å². The molecule has 9 atom stereocenters. The average Bonchev–Trinajstić information content (AvgIpc) is 3.33. The number of carbonyl (C=O) groups is 2. The molecule has 6 nitrogen and oxygen atoms in total. The third kappa shape index (κ3) is 3.42. The first-order chi connectivity index (χ1) is 15.6. The normalized spacial score (nSPS) is 47.6. The van der Waals surface area contributed by atoms with E-state index >= 15 is 0 Å². The lowest BCUT2D eigenvalue weighted by Crippen LogP contribution is -2.62. The Morgan fingerprint density at radius 3 is 2.67 bits per heavy atom. The monoisotopic (exact) mass is 459 g/mol. The topological polar surface area (TPSA) is 98.9 Å². The van der Waals surface area contributed by atoms with Crippen molar-refractivity contribution in [2.75, 3.05) is 6.61 Å². The highest BCUT2D eigenvalue weighted by atomic mass is 16.5. The Bertz CT molecular complexity index is 855. The lowest BCUT2D eigenvalue weighted by molar-refractivity contribution is -0.210. The first-order valence-electron chi connectivity index (χ1n) is 13.2. The van der Waals surface area contributed by atoms with Crippen LogP contribution in [0.5, 0.6) is 0 Å². The molecule has 3 N–H and O–H groups in total. The van der Waals surface area contributed by atoms with Crippen LogP contribution in [0.3, 0.4) is 0 Å². The molecule has 5 rings (SSSR count). The number of rotatable bonds is 4. The van der Waals surface area contributed by atoms with Crippen molar-refractivity contribution in [2.45, 2.75) is 103 Å². The van der Waals surface area contributed by atoms with Crippen LogP contribution in [0.2, 0.25) is 0 Å². The quantitative estimate of drug-likeness (QED) is 0.619. The average molecular weight is 460 g/mol. The highest BCUT2D eigenvalue weighted by Crippen LogP contribution is 2.70. The Labute approximate surface area is 197 Å². The summed E-state index contributed by atoms with van der Waals surface area (Å²) in [5, 5.41) is 12.3. The van der Waals surface area contributed by atoms with Gasteiger partial charge in [-0.25, -0.2) is 4.79 Å². The molecule has 0 bridgehead atoms. The third-order valence-corrected chi connectivity index (χ3v) is 11.0. The molecule has 4 saturated carbocycles. The van der Waals surface area contributed by atoms with E-state index < -0.39 is 11.6 Å². The molecule has 184 valence electrons. The lowest BCUT2D eigenvalue weighted by atomic mass is 9.43. The Kier molecular flexibility index (Phi) is 5.72. The Hall–Kier alpha value is -1.40. The number of esters is 2. The minimum atomic E-state index is -0.682. The van der Waals surface area contributed by atoms with Gasteiger partial charge in [-0.05, 0) is 98.9 Å². The van der Waals surface area contributed by atoms with Crippen LogP contribution in [0.4, 0.5) is 0 Å². The number of nitrogens with two attached hydrogens (primary N) is 1. The summed E-state index contributed by atoms with van der Waals surface area (Å²) in [6, 6.07) is -0.523. The number of carbonyl (C=O) groups excluding carboxylic acids is 2. The van der Waals surface area contributed by atoms with E-state index in [0.717, 1.165) is 63.4 Å². The van der Waals surface area contributed by atoms with E-state index in [-0.39, 0.29) is 34.8 Å². The largest absolute Gasteiger partial charge is 0.461 e. The minimum Gasteiger partial charge on any atom is -0.461 e. The van der Waals surface area contributed by atoms with Crippen LogP contribution in [0, 0.1) is 34.5 Å². The molecule has 0 aromatic heterocycles. The predicted molar refractivity (Wildman–Crippen MR) is 124 cm³/mol. The first kappa shape index (κ1) is 23.3. The number of ether oxygens (including phenoxy) is 2. The minimum absolute atomic E-state index is 0.0237. The molecule has 33 heavy (non-hydrogen) atoms. The summed E-state index contributed by atoms with van der Waals surface area (Å²) in [5.41, 5.74) is 6.28. The van der Waals surface area contributed by atoms with Gasteiger partial charge in [0.15, 0.2) is 0 Å². The summed E-state index contributed by atoms with van der Waals surface area (Å²) in [4.78, 5) is 24.0. The maximum absolute atomic E-state index is 12.3. The molecule has 0 radical (unpaired) electrons. The summed E-state index contributed by atoms with van der Waals surface area (Å²) in [6.45, 7) is 7.01. The molecule has 0 unspecified atom stereocenters. The van der Waals surface area contributed by atoms with E-state index in [9.17, 15) is 14.7 Å². The van der Waals surface area contributed by atoms with Crippen LogP contribution in [0.25, 0.3) is 0 Å². The van der Waals surface area contributed by atoms with Crippen molar-refractivity contribution >= 4 is 11.9 Å². The predicted octanol–water partition coefficient (Wildman–Crippen LogP) is 3.89. The maximum atomic E-state index is 12.3. The van der Waals surface area contributed by atoms with Gasteiger partial charge in [0.25, 0.3) is 0 Å². The van der Waals surface area contributed by atoms with Crippen molar-refractivity contribution in [3.8, 4) is 0 Å². The van der Waals surface area contributed by atoms with Gasteiger partial charge in [-0.15, -0.1) is 0 Å². The summed E-state index contributed by atoms with van der Waals surface area (Å²) in [7, 11) is 0. The third-order valence-electron chi connectivity index (χ3n) is 11.0. The fraction of sp³-hybridized carbons (Fsp3) is 0.852. The van der Waals surface area contributed by atoms with E-state index in [1.165, 1.54) is 0 Å². The van der Waals surface area contributed by atoms with Crippen molar-refractivity contribution in [1.29, 1.82) is 0 Å². The molecule has 0 spiro atoms. The zero-order valence-corrected chi connectivity index (χ0v) is 20.5. The molecule has 1 aliphatic heterocycles. The molecule has 0 aromatic rings. The van der Waals surface area contributed by atoms with Crippen molar-refractivity contribution in [1.82, 2.24) is 0 Å². The molecular formula is C27H41NO5. The second-order valence-corrected chi connectivity index (χ2v) is 12.1.